The third-order valence-corrected chi connectivity index (χ3v) is 3.10. The summed E-state index contributed by atoms with van der Waals surface area (Å²) in [5.41, 5.74) is 4.27. The smallest absolute Gasteiger partial charge is 0.257 e. The monoisotopic (exact) mass is 272 g/mol. The first kappa shape index (κ1) is 14.5. The average Bonchev–Trinajstić information content (AvgIpc) is 2.26. The average molecular weight is 272 g/mol. The van der Waals surface area contributed by atoms with Gasteiger partial charge < -0.3 is 11.1 Å². The maximum atomic E-state index is 13.3. The quantitative estimate of drug-likeness (QED) is 0.824. The van der Waals surface area contributed by atoms with E-state index in [-0.39, 0.29) is 11.5 Å². The lowest BCUT2D eigenvalue weighted by molar-refractivity contribution is 0.0936. The van der Waals surface area contributed by atoms with Crippen molar-refractivity contribution >= 4 is 23.1 Å². The number of carbonyl (C=O) groups is 1. The largest absolute Gasteiger partial charge is 0.393 e. The maximum Gasteiger partial charge on any atom is 0.257 e. The normalized spacial score (nSPS) is 11.1. The summed E-state index contributed by atoms with van der Waals surface area (Å²) in [6.07, 6.45) is 0. The van der Waals surface area contributed by atoms with Gasteiger partial charge in [-0.1, -0.05) is 32.1 Å². The number of nitrogens with two attached hydrogens (primary N) is 1. The van der Waals surface area contributed by atoms with Crippen LogP contribution in [0.5, 0.6) is 0 Å². The van der Waals surface area contributed by atoms with Crippen LogP contribution in [0.15, 0.2) is 18.2 Å². The fourth-order valence-electron chi connectivity index (χ4n) is 1.19. The van der Waals surface area contributed by atoms with Gasteiger partial charge in [-0.25, -0.2) is 8.78 Å². The molecule has 0 bridgehead atoms. The van der Waals surface area contributed by atoms with Crippen LogP contribution in [-0.2, 0) is 0 Å². The van der Waals surface area contributed by atoms with Gasteiger partial charge in [0.2, 0.25) is 0 Å². The number of hydrogen-bond acceptors (Lipinski definition) is 2. The molecule has 0 aliphatic carbocycles. The van der Waals surface area contributed by atoms with Crippen molar-refractivity contribution in [2.75, 3.05) is 6.54 Å². The van der Waals surface area contributed by atoms with E-state index in [1.165, 1.54) is 6.07 Å². The topological polar surface area (TPSA) is 55.1 Å². The number of nitrogens with one attached hydrogen (secondary N) is 1. The Morgan fingerprint density at radius 1 is 1.39 bits per heavy atom. The molecule has 0 fully saturated rings. The van der Waals surface area contributed by atoms with Gasteiger partial charge in [0, 0.05) is 12.0 Å². The molecule has 0 radical (unpaired) electrons. The van der Waals surface area contributed by atoms with Gasteiger partial charge in [0.15, 0.2) is 0 Å². The van der Waals surface area contributed by atoms with Crippen LogP contribution in [0.3, 0.4) is 0 Å². The zero-order valence-corrected chi connectivity index (χ0v) is 10.9. The number of halogens is 2. The Balaban J connectivity index is 2.82. The molecular weight excluding hydrogens is 258 g/mol. The van der Waals surface area contributed by atoms with E-state index in [1.807, 2.05) is 0 Å². The van der Waals surface area contributed by atoms with E-state index in [0.717, 1.165) is 12.1 Å². The predicted octanol–water partition coefficient (Wildman–Crippen LogP) is 2.01. The Bertz CT molecular complexity index is 469. The summed E-state index contributed by atoms with van der Waals surface area (Å²) in [6.45, 7) is 3.57. The second kappa shape index (κ2) is 5.39. The number of amides is 1. The van der Waals surface area contributed by atoms with Crippen LogP contribution in [0, 0.1) is 17.0 Å². The molecule has 18 heavy (non-hydrogen) atoms. The van der Waals surface area contributed by atoms with Crippen LogP contribution in [0.1, 0.15) is 24.2 Å². The molecule has 3 nitrogen and oxygen atoms in total. The minimum absolute atomic E-state index is 0.106. The zero-order valence-electron chi connectivity index (χ0n) is 10.1. The highest BCUT2D eigenvalue weighted by atomic mass is 32.1. The Kier molecular flexibility index (Phi) is 4.34. The van der Waals surface area contributed by atoms with E-state index in [4.69, 9.17) is 18.0 Å². The van der Waals surface area contributed by atoms with Crippen molar-refractivity contribution in [3.63, 3.8) is 0 Å². The van der Waals surface area contributed by atoms with E-state index in [1.54, 1.807) is 13.8 Å². The van der Waals surface area contributed by atoms with E-state index < -0.39 is 28.5 Å². The minimum Gasteiger partial charge on any atom is -0.393 e. The lowest BCUT2D eigenvalue weighted by atomic mass is 9.93. The summed E-state index contributed by atoms with van der Waals surface area (Å²) < 4.78 is 26.7. The Morgan fingerprint density at radius 2 is 1.89 bits per heavy atom. The maximum absolute atomic E-state index is 13.3. The van der Waals surface area contributed by atoms with E-state index in [2.05, 4.69) is 5.32 Å². The van der Waals surface area contributed by atoms with Gasteiger partial charge in [0.05, 0.1) is 4.99 Å². The Hall–Kier alpha value is -1.56. The van der Waals surface area contributed by atoms with E-state index in [0.29, 0.717) is 0 Å². The first-order valence-corrected chi connectivity index (χ1v) is 5.68. The summed E-state index contributed by atoms with van der Waals surface area (Å²) in [6, 6.07) is 3.24. The van der Waals surface area contributed by atoms with Crippen LogP contribution < -0.4 is 11.1 Å². The lowest BCUT2D eigenvalue weighted by Crippen LogP contribution is -2.41. The van der Waals surface area contributed by atoms with Crippen molar-refractivity contribution < 1.29 is 13.6 Å². The van der Waals surface area contributed by atoms with Crippen LogP contribution in [0.4, 0.5) is 8.78 Å². The first-order valence-electron chi connectivity index (χ1n) is 5.28. The second-order valence-corrected chi connectivity index (χ2v) is 4.97. The minimum atomic E-state index is -0.902. The number of carbonyl (C=O) groups excluding carboxylic acids is 1. The highest BCUT2D eigenvalue weighted by Gasteiger charge is 2.24. The van der Waals surface area contributed by atoms with Gasteiger partial charge in [-0.05, 0) is 12.1 Å². The highest BCUT2D eigenvalue weighted by molar-refractivity contribution is 7.80. The molecule has 0 spiro atoms. The summed E-state index contributed by atoms with van der Waals surface area (Å²) in [4.78, 5) is 11.9. The number of hydrogen-bond donors (Lipinski definition) is 2. The van der Waals surface area contributed by atoms with Crippen LogP contribution in [0.25, 0.3) is 0 Å². The molecule has 6 heteroatoms. The summed E-state index contributed by atoms with van der Waals surface area (Å²) in [5, 5.41) is 2.42. The van der Waals surface area contributed by atoms with Gasteiger partial charge in [-0.3, -0.25) is 4.79 Å². The number of thiocarbonyl (C=S) groups is 1. The van der Waals surface area contributed by atoms with Crippen LogP contribution >= 0.6 is 12.2 Å². The third-order valence-electron chi connectivity index (χ3n) is 2.55. The van der Waals surface area contributed by atoms with Gasteiger partial charge in [0.25, 0.3) is 5.91 Å². The Labute approximate surface area is 109 Å². The SMILES string of the molecule is CC(C)(CNC(=O)c1c(F)cccc1F)C(N)=S. The van der Waals surface area contributed by atoms with Gasteiger partial charge in [-0.2, -0.15) is 0 Å². The van der Waals surface area contributed by atoms with Crippen LogP contribution in [-0.4, -0.2) is 17.4 Å². The fourth-order valence-corrected chi connectivity index (χ4v) is 1.26. The molecule has 1 aromatic rings. The molecular formula is C12H14F2N2OS. The van der Waals surface area contributed by atoms with Gasteiger partial charge in [0.1, 0.15) is 17.2 Å². The molecule has 0 saturated heterocycles. The second-order valence-electron chi connectivity index (χ2n) is 4.53. The lowest BCUT2D eigenvalue weighted by Gasteiger charge is -2.23. The molecule has 98 valence electrons. The molecule has 0 saturated carbocycles. The molecule has 0 atom stereocenters. The predicted molar refractivity (Wildman–Crippen MR) is 69.3 cm³/mol. The summed E-state index contributed by atoms with van der Waals surface area (Å²) in [7, 11) is 0. The summed E-state index contributed by atoms with van der Waals surface area (Å²) in [5.74, 6) is -2.63. The Morgan fingerprint density at radius 3 is 2.33 bits per heavy atom. The standard InChI is InChI=1S/C12H14F2N2OS/c1-12(2,11(15)18)6-16-10(17)9-7(13)4-3-5-8(9)14/h3-5H,6H2,1-2H3,(H2,15,18)(H,16,17). The van der Waals surface area contributed by atoms with Crippen LogP contribution in [0.2, 0.25) is 0 Å². The molecule has 3 N–H and O–H groups in total. The molecule has 0 aromatic heterocycles. The van der Waals surface area contributed by atoms with Crippen molar-refractivity contribution in [2.45, 2.75) is 13.8 Å². The fraction of sp³-hybridized carbons (Fsp3) is 0.333. The van der Waals surface area contributed by atoms with Crippen molar-refractivity contribution in [1.29, 1.82) is 0 Å². The molecule has 0 unspecified atom stereocenters. The summed E-state index contributed by atoms with van der Waals surface area (Å²) >= 11 is 4.83. The molecule has 0 heterocycles. The highest BCUT2D eigenvalue weighted by Crippen LogP contribution is 2.15. The van der Waals surface area contributed by atoms with Gasteiger partial charge >= 0.3 is 0 Å². The van der Waals surface area contributed by atoms with Crippen molar-refractivity contribution in [3.8, 4) is 0 Å². The molecule has 1 amide bonds. The van der Waals surface area contributed by atoms with Crippen molar-refractivity contribution in [3.05, 3.63) is 35.4 Å². The van der Waals surface area contributed by atoms with E-state index >= 15 is 0 Å². The molecule has 1 aromatic carbocycles. The third kappa shape index (κ3) is 3.22. The zero-order chi connectivity index (χ0) is 13.9. The van der Waals surface area contributed by atoms with Crippen molar-refractivity contribution in [2.24, 2.45) is 11.1 Å². The number of benzene rings is 1. The number of rotatable bonds is 4. The first-order chi connectivity index (χ1) is 8.25. The van der Waals surface area contributed by atoms with Crippen molar-refractivity contribution in [1.82, 2.24) is 5.32 Å². The molecule has 1 rings (SSSR count). The van der Waals surface area contributed by atoms with E-state index in [9.17, 15) is 13.6 Å². The molecule has 0 aliphatic heterocycles. The molecule has 0 aliphatic rings. The van der Waals surface area contributed by atoms with Gasteiger partial charge in [-0.15, -0.1) is 0 Å².